The van der Waals surface area contributed by atoms with Gasteiger partial charge in [0.2, 0.25) is 0 Å². The van der Waals surface area contributed by atoms with E-state index in [1.54, 1.807) is 44.0 Å². The van der Waals surface area contributed by atoms with Gasteiger partial charge in [-0.15, -0.1) is 0 Å². The normalized spacial score (nSPS) is 9.85. The number of carbonyl (C=O) groups excluding carboxylic acids is 1. The number of nitrogens with zero attached hydrogens (tertiary/aromatic N) is 2. The lowest BCUT2D eigenvalue weighted by atomic mass is 10.2. The van der Waals surface area contributed by atoms with Crippen LogP contribution in [0, 0.1) is 0 Å². The molecule has 0 saturated heterocycles. The van der Waals surface area contributed by atoms with Crippen LogP contribution in [0.4, 0.5) is 0 Å². The zero-order valence-corrected chi connectivity index (χ0v) is 8.67. The van der Waals surface area contributed by atoms with Gasteiger partial charge in [0, 0.05) is 20.2 Å². The summed E-state index contributed by atoms with van der Waals surface area (Å²) >= 11 is 5.80. The summed E-state index contributed by atoms with van der Waals surface area (Å²) in [6.07, 6.45) is 1.71. The largest absolute Gasteiger partial charge is 0.345 e. The summed E-state index contributed by atoms with van der Waals surface area (Å²) in [5.74, 6) is -0.0210. The van der Waals surface area contributed by atoms with Gasteiger partial charge in [0.15, 0.2) is 6.20 Å². The lowest BCUT2D eigenvalue weighted by Gasteiger charge is -2.08. The van der Waals surface area contributed by atoms with Gasteiger partial charge < -0.3 is 4.90 Å². The zero-order chi connectivity index (χ0) is 10.0. The van der Waals surface area contributed by atoms with Crippen LogP contribution < -0.4 is 4.57 Å². The highest BCUT2D eigenvalue weighted by Crippen LogP contribution is 2.04. The average molecular weight is 200 g/mol. The molecule has 0 aliphatic rings. The Balaban J connectivity index is 3.04. The van der Waals surface area contributed by atoms with Gasteiger partial charge in [-0.2, -0.15) is 4.57 Å². The van der Waals surface area contributed by atoms with Crippen LogP contribution in [0.5, 0.6) is 0 Å². The minimum atomic E-state index is -0.0210. The molecule has 0 aliphatic heterocycles. The average Bonchev–Trinajstić information content (AvgIpc) is 2.08. The lowest BCUT2D eigenvalue weighted by Crippen LogP contribution is -2.32. The third-order valence-electron chi connectivity index (χ3n) is 1.72. The fourth-order valence-corrected chi connectivity index (χ4v) is 1.09. The molecule has 0 atom stereocenters. The van der Waals surface area contributed by atoms with Crippen molar-refractivity contribution in [1.29, 1.82) is 0 Å². The van der Waals surface area contributed by atoms with Crippen molar-refractivity contribution in [1.82, 2.24) is 4.90 Å². The maximum absolute atomic E-state index is 11.5. The Hall–Kier alpha value is -1.09. The molecule has 13 heavy (non-hydrogen) atoms. The molecular formula is C9H12ClN2O+. The van der Waals surface area contributed by atoms with Crippen LogP contribution in [0.15, 0.2) is 18.3 Å². The molecule has 1 rings (SSSR count). The van der Waals surface area contributed by atoms with Gasteiger partial charge in [0.05, 0.1) is 0 Å². The van der Waals surface area contributed by atoms with E-state index in [4.69, 9.17) is 11.6 Å². The van der Waals surface area contributed by atoms with E-state index >= 15 is 0 Å². The number of hydrogen-bond acceptors (Lipinski definition) is 1. The van der Waals surface area contributed by atoms with E-state index in [0.717, 1.165) is 0 Å². The first-order valence-corrected chi connectivity index (χ1v) is 4.27. The predicted octanol–water partition coefficient (Wildman–Crippen LogP) is 0.866. The van der Waals surface area contributed by atoms with Crippen LogP contribution in [0.1, 0.15) is 10.4 Å². The molecular weight excluding hydrogens is 188 g/mol. The van der Waals surface area contributed by atoms with Gasteiger partial charge in [0.25, 0.3) is 11.1 Å². The van der Waals surface area contributed by atoms with E-state index in [1.807, 2.05) is 0 Å². The molecule has 0 bridgehead atoms. The molecule has 0 N–H and O–H groups in total. The Morgan fingerprint density at radius 3 is 2.54 bits per heavy atom. The molecule has 4 heteroatoms. The SMILES string of the molecule is CN(C)C(=O)c1ccc(Cl)[n+](C)c1. The third kappa shape index (κ3) is 2.18. The Morgan fingerprint density at radius 2 is 2.08 bits per heavy atom. The summed E-state index contributed by atoms with van der Waals surface area (Å²) in [5.41, 5.74) is 0.636. The first kappa shape index (κ1) is 9.99. The van der Waals surface area contributed by atoms with E-state index in [2.05, 4.69) is 0 Å². The van der Waals surface area contributed by atoms with Crippen LogP contribution >= 0.6 is 11.6 Å². The van der Waals surface area contributed by atoms with E-state index in [0.29, 0.717) is 10.7 Å². The summed E-state index contributed by atoms with van der Waals surface area (Å²) in [4.78, 5) is 13.0. The number of amides is 1. The van der Waals surface area contributed by atoms with Gasteiger partial charge in [-0.25, -0.2) is 0 Å². The van der Waals surface area contributed by atoms with E-state index in [-0.39, 0.29) is 5.91 Å². The molecule has 1 aromatic rings. The summed E-state index contributed by atoms with van der Waals surface area (Å²) in [6.45, 7) is 0. The highest BCUT2D eigenvalue weighted by molar-refractivity contribution is 6.28. The highest BCUT2D eigenvalue weighted by atomic mass is 35.5. The van der Waals surface area contributed by atoms with Crippen molar-refractivity contribution in [3.05, 3.63) is 29.0 Å². The maximum Gasteiger partial charge on any atom is 0.274 e. The number of aryl methyl sites for hydroxylation is 1. The Morgan fingerprint density at radius 1 is 1.46 bits per heavy atom. The second-order valence-electron chi connectivity index (χ2n) is 3.05. The summed E-state index contributed by atoms with van der Waals surface area (Å²) in [6, 6.07) is 3.42. The number of aromatic nitrogens is 1. The molecule has 0 radical (unpaired) electrons. The lowest BCUT2D eigenvalue weighted by molar-refractivity contribution is -0.669. The number of carbonyl (C=O) groups is 1. The van der Waals surface area contributed by atoms with Crippen molar-refractivity contribution in [3.8, 4) is 0 Å². The minimum Gasteiger partial charge on any atom is -0.345 e. The molecule has 1 amide bonds. The highest BCUT2D eigenvalue weighted by Gasteiger charge is 2.12. The fraction of sp³-hybridized carbons (Fsp3) is 0.333. The number of hydrogen-bond donors (Lipinski definition) is 0. The molecule has 70 valence electrons. The monoisotopic (exact) mass is 199 g/mol. The molecule has 0 aromatic carbocycles. The van der Waals surface area contributed by atoms with Crippen molar-refractivity contribution >= 4 is 17.5 Å². The van der Waals surface area contributed by atoms with Gasteiger partial charge in [0.1, 0.15) is 12.6 Å². The molecule has 0 fully saturated rings. The van der Waals surface area contributed by atoms with Gasteiger partial charge in [-0.1, -0.05) is 0 Å². The van der Waals surface area contributed by atoms with E-state index < -0.39 is 0 Å². The minimum absolute atomic E-state index is 0.0210. The van der Waals surface area contributed by atoms with Crippen molar-refractivity contribution in [2.45, 2.75) is 0 Å². The van der Waals surface area contributed by atoms with Crippen molar-refractivity contribution < 1.29 is 9.36 Å². The van der Waals surface area contributed by atoms with E-state index in [1.165, 1.54) is 4.90 Å². The van der Waals surface area contributed by atoms with E-state index in [9.17, 15) is 4.79 Å². The number of pyridine rings is 1. The van der Waals surface area contributed by atoms with Crippen LogP contribution in [-0.2, 0) is 7.05 Å². The van der Waals surface area contributed by atoms with Gasteiger partial charge in [-0.05, 0) is 17.7 Å². The second kappa shape index (κ2) is 3.75. The Kier molecular flexibility index (Phi) is 2.88. The first-order valence-electron chi connectivity index (χ1n) is 3.89. The van der Waals surface area contributed by atoms with Crippen LogP contribution in [0.25, 0.3) is 0 Å². The van der Waals surface area contributed by atoms with Crippen LogP contribution in [0.3, 0.4) is 0 Å². The smallest absolute Gasteiger partial charge is 0.274 e. The van der Waals surface area contributed by atoms with Crippen LogP contribution in [-0.4, -0.2) is 24.9 Å². The third-order valence-corrected chi connectivity index (χ3v) is 2.12. The van der Waals surface area contributed by atoms with Gasteiger partial charge in [-0.3, -0.25) is 4.79 Å². The maximum atomic E-state index is 11.5. The quantitative estimate of drug-likeness (QED) is 0.487. The molecule has 0 saturated carbocycles. The summed E-state index contributed by atoms with van der Waals surface area (Å²) in [5, 5.41) is 0.607. The molecule has 0 spiro atoms. The van der Waals surface area contributed by atoms with Crippen LogP contribution in [0.2, 0.25) is 5.15 Å². The Bertz CT molecular complexity index is 336. The number of rotatable bonds is 1. The number of halogens is 1. The molecule has 1 heterocycles. The van der Waals surface area contributed by atoms with Crippen molar-refractivity contribution in [2.24, 2.45) is 7.05 Å². The molecule has 3 nitrogen and oxygen atoms in total. The Labute approximate surface area is 82.5 Å². The topological polar surface area (TPSA) is 24.2 Å². The standard InChI is InChI=1S/C9H12ClN2O/c1-11(2)9(13)7-4-5-8(10)12(3)6-7/h4-6H,1-3H3/q+1. The summed E-state index contributed by atoms with van der Waals surface area (Å²) in [7, 11) is 5.24. The molecule has 0 unspecified atom stereocenters. The predicted molar refractivity (Wildman–Crippen MR) is 50.6 cm³/mol. The molecule has 0 aliphatic carbocycles. The first-order chi connectivity index (χ1) is 6.02. The fourth-order valence-electron chi connectivity index (χ4n) is 0.974. The van der Waals surface area contributed by atoms with Gasteiger partial charge >= 0.3 is 0 Å². The summed E-state index contributed by atoms with van der Waals surface area (Å²) < 4.78 is 1.71. The zero-order valence-electron chi connectivity index (χ0n) is 7.91. The van der Waals surface area contributed by atoms with Crippen molar-refractivity contribution in [2.75, 3.05) is 14.1 Å². The van der Waals surface area contributed by atoms with Crippen molar-refractivity contribution in [3.63, 3.8) is 0 Å². The molecule has 1 aromatic heterocycles. The second-order valence-corrected chi connectivity index (χ2v) is 3.44.